The molecule has 0 amide bonds. The average Bonchev–Trinajstić information content (AvgIpc) is 2.41. The molecule has 1 aromatic rings. The third-order valence-electron chi connectivity index (χ3n) is 2.58. The van der Waals surface area contributed by atoms with E-state index in [-0.39, 0.29) is 22.4 Å². The first-order chi connectivity index (χ1) is 9.25. The van der Waals surface area contributed by atoms with Crippen molar-refractivity contribution in [3.8, 4) is 11.5 Å². The van der Waals surface area contributed by atoms with Crippen LogP contribution >= 0.6 is 15.9 Å². The molecule has 0 fully saturated rings. The molecule has 0 aromatic heterocycles. The Balaban J connectivity index is 3.23. The Morgan fingerprint density at radius 2 is 2.15 bits per heavy atom. The van der Waals surface area contributed by atoms with Gasteiger partial charge < -0.3 is 20.3 Å². The van der Waals surface area contributed by atoms with Gasteiger partial charge in [-0.2, -0.15) is 8.78 Å². The molecule has 112 valence electrons. The Labute approximate surface area is 122 Å². The van der Waals surface area contributed by atoms with Gasteiger partial charge in [-0.15, -0.1) is 0 Å². The summed E-state index contributed by atoms with van der Waals surface area (Å²) < 4.78 is 37.0. The number of hydrogen-bond donors (Lipinski definition) is 2. The van der Waals surface area contributed by atoms with Crippen molar-refractivity contribution in [2.45, 2.75) is 18.9 Å². The van der Waals surface area contributed by atoms with Gasteiger partial charge in [-0.3, -0.25) is 0 Å². The third-order valence-corrected chi connectivity index (χ3v) is 3.18. The van der Waals surface area contributed by atoms with Crippen molar-refractivity contribution < 1.29 is 28.2 Å². The highest BCUT2D eigenvalue weighted by Gasteiger charge is 2.49. The molecule has 1 aromatic carbocycles. The zero-order valence-corrected chi connectivity index (χ0v) is 12.4. The van der Waals surface area contributed by atoms with Crippen LogP contribution in [0, 0.1) is 0 Å². The van der Waals surface area contributed by atoms with E-state index in [1.807, 2.05) is 0 Å². The summed E-state index contributed by atoms with van der Waals surface area (Å²) in [5.74, 6) is -5.99. The van der Waals surface area contributed by atoms with Crippen molar-refractivity contribution in [1.82, 2.24) is 0 Å². The summed E-state index contributed by atoms with van der Waals surface area (Å²) in [5, 5.41) is 9.80. The minimum absolute atomic E-state index is 0.127. The summed E-state index contributed by atoms with van der Waals surface area (Å²) in [7, 11) is 1.33. The molecule has 0 bridgehead atoms. The van der Waals surface area contributed by atoms with Crippen molar-refractivity contribution >= 4 is 21.9 Å². The Hall–Kier alpha value is -1.41. The van der Waals surface area contributed by atoms with Crippen molar-refractivity contribution in [3.05, 3.63) is 22.2 Å². The molecule has 0 heterocycles. The molecule has 0 saturated heterocycles. The summed E-state index contributed by atoms with van der Waals surface area (Å²) in [4.78, 5) is 11.3. The molecule has 1 rings (SSSR count). The van der Waals surface area contributed by atoms with E-state index in [9.17, 15) is 18.7 Å². The van der Waals surface area contributed by atoms with Crippen LogP contribution < -0.4 is 10.5 Å². The van der Waals surface area contributed by atoms with Gasteiger partial charge in [-0.05, 0) is 35.0 Å². The first-order valence-corrected chi connectivity index (χ1v) is 6.42. The van der Waals surface area contributed by atoms with Crippen LogP contribution in [0.5, 0.6) is 11.5 Å². The molecule has 20 heavy (non-hydrogen) atoms. The number of rotatable bonds is 5. The largest absolute Gasteiger partial charge is 0.506 e. The van der Waals surface area contributed by atoms with E-state index in [1.54, 1.807) is 0 Å². The number of alkyl halides is 2. The summed E-state index contributed by atoms with van der Waals surface area (Å²) in [5.41, 5.74) is 5.09. The quantitative estimate of drug-likeness (QED) is 0.794. The fourth-order valence-corrected chi connectivity index (χ4v) is 1.95. The van der Waals surface area contributed by atoms with Crippen molar-refractivity contribution in [1.29, 1.82) is 0 Å². The second kappa shape index (κ2) is 6.36. The first kappa shape index (κ1) is 16.6. The van der Waals surface area contributed by atoms with Crippen molar-refractivity contribution in [2.75, 3.05) is 13.7 Å². The number of ether oxygens (including phenoxy) is 2. The van der Waals surface area contributed by atoms with Gasteiger partial charge in [0.15, 0.2) is 0 Å². The van der Waals surface area contributed by atoms with E-state index in [0.29, 0.717) is 0 Å². The minimum atomic E-state index is -3.97. The topological polar surface area (TPSA) is 81.8 Å². The Morgan fingerprint density at radius 3 is 2.65 bits per heavy atom. The molecular formula is C12H14BrF2NO4. The summed E-state index contributed by atoms with van der Waals surface area (Å²) >= 11 is 2.99. The van der Waals surface area contributed by atoms with Crippen LogP contribution in [0.1, 0.15) is 18.5 Å². The van der Waals surface area contributed by atoms with Crippen LogP contribution in [0.15, 0.2) is 16.6 Å². The van der Waals surface area contributed by atoms with Crippen LogP contribution in [0.25, 0.3) is 0 Å². The number of phenolic OH excluding ortho intramolecular Hbond substituents is 1. The molecule has 0 saturated carbocycles. The first-order valence-electron chi connectivity index (χ1n) is 5.62. The van der Waals surface area contributed by atoms with E-state index >= 15 is 0 Å². The highest BCUT2D eigenvalue weighted by molar-refractivity contribution is 9.10. The number of benzene rings is 1. The number of phenols is 1. The van der Waals surface area contributed by atoms with E-state index in [2.05, 4.69) is 20.7 Å². The predicted molar refractivity (Wildman–Crippen MR) is 70.9 cm³/mol. The number of nitrogens with two attached hydrogens (primary N) is 1. The molecular weight excluding hydrogens is 340 g/mol. The smallest absolute Gasteiger partial charge is 0.379 e. The van der Waals surface area contributed by atoms with Crippen molar-refractivity contribution in [2.24, 2.45) is 5.73 Å². The molecule has 0 aliphatic rings. The summed E-state index contributed by atoms with van der Waals surface area (Å²) in [6.45, 7) is 1.20. The number of carbonyl (C=O) groups is 1. The summed E-state index contributed by atoms with van der Waals surface area (Å²) in [6, 6.07) is 0.458. The normalized spacial score (nSPS) is 12.9. The van der Waals surface area contributed by atoms with Gasteiger partial charge >= 0.3 is 11.9 Å². The average molecular weight is 354 g/mol. The van der Waals surface area contributed by atoms with Crippen LogP contribution in [0.2, 0.25) is 0 Å². The van der Waals surface area contributed by atoms with Gasteiger partial charge in [-0.25, -0.2) is 4.79 Å². The molecule has 0 aliphatic heterocycles. The van der Waals surface area contributed by atoms with Crippen molar-refractivity contribution in [3.63, 3.8) is 0 Å². The lowest BCUT2D eigenvalue weighted by atomic mass is 10.00. The van der Waals surface area contributed by atoms with E-state index in [4.69, 9.17) is 10.5 Å². The molecule has 0 aliphatic carbocycles. The lowest BCUT2D eigenvalue weighted by Crippen LogP contribution is -2.41. The van der Waals surface area contributed by atoms with Crippen LogP contribution in [0.4, 0.5) is 8.78 Å². The molecule has 3 N–H and O–H groups in total. The zero-order chi connectivity index (χ0) is 15.5. The van der Waals surface area contributed by atoms with Crippen LogP contribution in [0.3, 0.4) is 0 Å². The second-order valence-electron chi connectivity index (χ2n) is 3.87. The standard InChI is InChI=1S/C12H14BrF2NO4/c1-3-20-11(18)12(14,15)10(16)7-4-6(19-2)5-8(13)9(7)17/h4-5,10,17H,3,16H2,1-2H3/t10-/m1/s1. The molecule has 0 spiro atoms. The number of carbonyl (C=O) groups excluding carboxylic acids is 1. The minimum Gasteiger partial charge on any atom is -0.506 e. The lowest BCUT2D eigenvalue weighted by Gasteiger charge is -2.23. The van der Waals surface area contributed by atoms with E-state index in [0.717, 1.165) is 6.07 Å². The SMILES string of the molecule is CCOC(=O)C(F)(F)[C@H](N)c1cc(OC)cc(Br)c1O. The Morgan fingerprint density at radius 1 is 1.55 bits per heavy atom. The highest BCUT2D eigenvalue weighted by atomic mass is 79.9. The maximum Gasteiger partial charge on any atom is 0.379 e. The number of aromatic hydroxyl groups is 1. The Bertz CT molecular complexity index is 510. The summed E-state index contributed by atoms with van der Waals surface area (Å²) in [6.07, 6.45) is 0. The molecule has 0 unspecified atom stereocenters. The fourth-order valence-electron chi connectivity index (χ4n) is 1.50. The Kier molecular flexibility index (Phi) is 5.29. The predicted octanol–water partition coefficient (Wildman–Crippen LogP) is 2.36. The van der Waals surface area contributed by atoms with Gasteiger partial charge in [0.2, 0.25) is 0 Å². The van der Waals surface area contributed by atoms with Gasteiger partial charge in [0.05, 0.1) is 18.2 Å². The second-order valence-corrected chi connectivity index (χ2v) is 4.72. The van der Waals surface area contributed by atoms with Gasteiger partial charge in [-0.1, -0.05) is 0 Å². The third kappa shape index (κ3) is 3.18. The molecule has 5 nitrogen and oxygen atoms in total. The number of esters is 1. The molecule has 0 radical (unpaired) electrons. The van der Waals surface area contributed by atoms with Gasteiger partial charge in [0.25, 0.3) is 0 Å². The van der Waals surface area contributed by atoms with Crippen LogP contribution in [-0.4, -0.2) is 30.7 Å². The van der Waals surface area contributed by atoms with E-state index < -0.39 is 23.7 Å². The van der Waals surface area contributed by atoms with Crippen LogP contribution in [-0.2, 0) is 9.53 Å². The highest BCUT2D eigenvalue weighted by Crippen LogP contribution is 2.40. The fraction of sp³-hybridized carbons (Fsp3) is 0.417. The number of halogens is 3. The maximum atomic E-state index is 13.9. The molecule has 8 heteroatoms. The van der Waals surface area contributed by atoms with Gasteiger partial charge in [0, 0.05) is 5.56 Å². The van der Waals surface area contributed by atoms with Gasteiger partial charge in [0.1, 0.15) is 17.5 Å². The number of hydrogen-bond acceptors (Lipinski definition) is 5. The monoisotopic (exact) mass is 353 g/mol. The zero-order valence-electron chi connectivity index (χ0n) is 10.8. The lowest BCUT2D eigenvalue weighted by molar-refractivity contribution is -0.174. The molecule has 1 atom stereocenters. The van der Waals surface area contributed by atoms with E-state index in [1.165, 1.54) is 20.1 Å². The maximum absolute atomic E-state index is 13.9. The number of methoxy groups -OCH3 is 1.